The average molecular weight is 260 g/mol. The van der Waals surface area contributed by atoms with Crippen LogP contribution in [0.5, 0.6) is 11.5 Å². The number of aryl methyl sites for hydroxylation is 2. The molecule has 2 aromatic rings. The number of nitrogens with zero attached hydrogens (tertiary/aromatic N) is 1. The summed E-state index contributed by atoms with van der Waals surface area (Å²) in [6, 6.07) is 4.11. The third kappa shape index (κ3) is 2.01. The maximum absolute atomic E-state index is 5.65. The summed E-state index contributed by atoms with van der Waals surface area (Å²) in [6.45, 7) is 5.18. The number of oxazole rings is 1. The molecule has 1 aliphatic heterocycles. The summed E-state index contributed by atoms with van der Waals surface area (Å²) in [6.07, 6.45) is 0.743. The van der Waals surface area contributed by atoms with Crippen molar-refractivity contribution in [2.45, 2.75) is 20.3 Å². The van der Waals surface area contributed by atoms with Gasteiger partial charge in [0.25, 0.3) is 6.01 Å². The SMILES string of the molecule is CCc1oc(N)nc1-c1cc2c(cc1C)OCCO2. The van der Waals surface area contributed by atoms with Crippen molar-refractivity contribution in [1.29, 1.82) is 0 Å². The van der Waals surface area contributed by atoms with Crippen LogP contribution in [0, 0.1) is 6.92 Å². The molecule has 0 bridgehead atoms. The zero-order chi connectivity index (χ0) is 13.4. The zero-order valence-electron chi connectivity index (χ0n) is 11.0. The summed E-state index contributed by atoms with van der Waals surface area (Å²) in [7, 11) is 0. The summed E-state index contributed by atoms with van der Waals surface area (Å²) in [5, 5.41) is 0. The highest BCUT2D eigenvalue weighted by molar-refractivity contribution is 5.70. The lowest BCUT2D eigenvalue weighted by molar-refractivity contribution is 0.171. The first-order chi connectivity index (χ1) is 9.19. The number of nitrogens with two attached hydrogens (primary N) is 1. The molecule has 0 fully saturated rings. The van der Waals surface area contributed by atoms with Crippen LogP contribution in [0.25, 0.3) is 11.3 Å². The Balaban J connectivity index is 2.14. The third-order valence-electron chi connectivity index (χ3n) is 3.18. The van der Waals surface area contributed by atoms with Crippen LogP contribution in [0.3, 0.4) is 0 Å². The molecule has 19 heavy (non-hydrogen) atoms. The number of ether oxygens (including phenoxy) is 2. The fourth-order valence-electron chi connectivity index (χ4n) is 2.27. The smallest absolute Gasteiger partial charge is 0.292 e. The van der Waals surface area contributed by atoms with E-state index in [9.17, 15) is 0 Å². The molecule has 0 saturated heterocycles. The van der Waals surface area contributed by atoms with Gasteiger partial charge in [0.1, 0.15) is 24.7 Å². The van der Waals surface area contributed by atoms with E-state index in [1.165, 1.54) is 0 Å². The average Bonchev–Trinajstić information content (AvgIpc) is 2.79. The minimum Gasteiger partial charge on any atom is -0.486 e. The van der Waals surface area contributed by atoms with E-state index < -0.39 is 0 Å². The molecule has 0 atom stereocenters. The summed E-state index contributed by atoms with van der Waals surface area (Å²) in [5.41, 5.74) is 8.47. The Morgan fingerprint density at radius 2 is 1.89 bits per heavy atom. The molecule has 0 unspecified atom stereocenters. The van der Waals surface area contributed by atoms with Crippen molar-refractivity contribution in [3.63, 3.8) is 0 Å². The first kappa shape index (κ1) is 11.9. The van der Waals surface area contributed by atoms with Crippen molar-refractivity contribution in [3.05, 3.63) is 23.5 Å². The molecule has 1 aliphatic rings. The van der Waals surface area contributed by atoms with Gasteiger partial charge in [-0.3, -0.25) is 0 Å². The molecule has 0 spiro atoms. The van der Waals surface area contributed by atoms with Crippen LogP contribution in [-0.4, -0.2) is 18.2 Å². The standard InChI is InChI=1S/C14H16N2O3/c1-3-10-13(16-14(15)19-10)9-7-12-11(6-8(9)2)17-4-5-18-12/h6-7H,3-5H2,1-2H3,(H2,15,16). The van der Waals surface area contributed by atoms with E-state index in [4.69, 9.17) is 19.6 Å². The van der Waals surface area contributed by atoms with Gasteiger partial charge in [0.05, 0.1) is 0 Å². The van der Waals surface area contributed by atoms with Gasteiger partial charge in [0.15, 0.2) is 11.5 Å². The van der Waals surface area contributed by atoms with Gasteiger partial charge in [-0.15, -0.1) is 0 Å². The lowest BCUT2D eigenvalue weighted by Gasteiger charge is -2.20. The van der Waals surface area contributed by atoms with Crippen molar-refractivity contribution in [1.82, 2.24) is 4.98 Å². The predicted octanol–water partition coefficient (Wildman–Crippen LogP) is 2.57. The highest BCUT2D eigenvalue weighted by Crippen LogP contribution is 2.38. The van der Waals surface area contributed by atoms with Gasteiger partial charge in [0, 0.05) is 12.0 Å². The van der Waals surface area contributed by atoms with Gasteiger partial charge in [0.2, 0.25) is 0 Å². The molecule has 0 radical (unpaired) electrons. The van der Waals surface area contributed by atoms with Crippen molar-refractivity contribution in [2.24, 2.45) is 0 Å². The van der Waals surface area contributed by atoms with Crippen LogP contribution >= 0.6 is 0 Å². The molecule has 5 heteroatoms. The molecule has 2 heterocycles. The van der Waals surface area contributed by atoms with E-state index in [-0.39, 0.29) is 6.01 Å². The zero-order valence-corrected chi connectivity index (χ0v) is 11.0. The molecule has 1 aromatic heterocycles. The van der Waals surface area contributed by atoms with E-state index in [1.807, 2.05) is 26.0 Å². The molecule has 100 valence electrons. The third-order valence-corrected chi connectivity index (χ3v) is 3.18. The lowest BCUT2D eigenvalue weighted by Crippen LogP contribution is -2.15. The van der Waals surface area contributed by atoms with Gasteiger partial charge in [-0.25, -0.2) is 0 Å². The maximum atomic E-state index is 5.65. The fraction of sp³-hybridized carbons (Fsp3) is 0.357. The highest BCUT2D eigenvalue weighted by atomic mass is 16.6. The normalized spacial score (nSPS) is 13.6. The second-order valence-electron chi connectivity index (χ2n) is 4.49. The van der Waals surface area contributed by atoms with E-state index in [0.717, 1.165) is 40.5 Å². The number of aromatic nitrogens is 1. The topological polar surface area (TPSA) is 70.5 Å². The van der Waals surface area contributed by atoms with Crippen molar-refractivity contribution in [2.75, 3.05) is 18.9 Å². The number of benzene rings is 1. The van der Waals surface area contributed by atoms with Gasteiger partial charge in [-0.2, -0.15) is 4.98 Å². The van der Waals surface area contributed by atoms with Gasteiger partial charge < -0.3 is 19.6 Å². The van der Waals surface area contributed by atoms with Crippen LogP contribution in [0.4, 0.5) is 6.01 Å². The largest absolute Gasteiger partial charge is 0.486 e. The Labute approximate surface area is 111 Å². The fourth-order valence-corrected chi connectivity index (χ4v) is 2.27. The Morgan fingerprint density at radius 1 is 1.21 bits per heavy atom. The number of fused-ring (bicyclic) bond motifs is 1. The molecule has 0 aliphatic carbocycles. The maximum Gasteiger partial charge on any atom is 0.292 e. The quantitative estimate of drug-likeness (QED) is 0.898. The number of anilines is 1. The Morgan fingerprint density at radius 3 is 2.58 bits per heavy atom. The molecule has 0 amide bonds. The van der Waals surface area contributed by atoms with E-state index >= 15 is 0 Å². The molecule has 1 aromatic carbocycles. The van der Waals surface area contributed by atoms with E-state index in [2.05, 4.69) is 4.98 Å². The second kappa shape index (κ2) is 4.50. The monoisotopic (exact) mass is 260 g/mol. The molecule has 5 nitrogen and oxygen atoms in total. The van der Waals surface area contributed by atoms with Crippen LogP contribution in [0.2, 0.25) is 0 Å². The first-order valence-electron chi connectivity index (χ1n) is 6.35. The Bertz CT molecular complexity index is 619. The molecule has 3 rings (SSSR count). The van der Waals surface area contributed by atoms with Crippen LogP contribution < -0.4 is 15.2 Å². The van der Waals surface area contributed by atoms with Gasteiger partial charge in [-0.05, 0) is 24.6 Å². The van der Waals surface area contributed by atoms with Gasteiger partial charge >= 0.3 is 0 Å². The second-order valence-corrected chi connectivity index (χ2v) is 4.49. The number of hydrogen-bond acceptors (Lipinski definition) is 5. The highest BCUT2D eigenvalue weighted by Gasteiger charge is 2.19. The van der Waals surface area contributed by atoms with E-state index in [0.29, 0.717) is 13.2 Å². The predicted molar refractivity (Wildman–Crippen MR) is 71.5 cm³/mol. The van der Waals surface area contributed by atoms with E-state index in [1.54, 1.807) is 0 Å². The molecular formula is C14H16N2O3. The minimum atomic E-state index is 0.195. The van der Waals surface area contributed by atoms with Crippen molar-refractivity contribution >= 4 is 6.01 Å². The van der Waals surface area contributed by atoms with Crippen LogP contribution in [-0.2, 0) is 6.42 Å². The lowest BCUT2D eigenvalue weighted by atomic mass is 10.0. The summed E-state index contributed by atoms with van der Waals surface area (Å²) >= 11 is 0. The minimum absolute atomic E-state index is 0.195. The van der Waals surface area contributed by atoms with Crippen molar-refractivity contribution in [3.8, 4) is 22.8 Å². The van der Waals surface area contributed by atoms with Crippen LogP contribution in [0.1, 0.15) is 18.2 Å². The molecule has 0 saturated carbocycles. The number of hydrogen-bond donors (Lipinski definition) is 1. The Kier molecular flexibility index (Phi) is 2.81. The van der Waals surface area contributed by atoms with Crippen LogP contribution in [0.15, 0.2) is 16.5 Å². The number of rotatable bonds is 2. The van der Waals surface area contributed by atoms with Crippen molar-refractivity contribution < 1.29 is 13.9 Å². The summed E-state index contributed by atoms with van der Waals surface area (Å²) in [4.78, 5) is 4.28. The first-order valence-corrected chi connectivity index (χ1v) is 6.35. The summed E-state index contributed by atoms with van der Waals surface area (Å²) in [5.74, 6) is 2.31. The summed E-state index contributed by atoms with van der Waals surface area (Å²) < 4.78 is 16.6. The molecular weight excluding hydrogens is 244 g/mol. The number of nitrogen functional groups attached to an aromatic ring is 1. The Hall–Kier alpha value is -2.17. The van der Waals surface area contributed by atoms with Gasteiger partial charge in [-0.1, -0.05) is 6.92 Å². The molecule has 2 N–H and O–H groups in total.